The second-order valence-electron chi connectivity index (χ2n) is 9.24. The number of aromatic nitrogens is 3. The first kappa shape index (κ1) is 20.2. The van der Waals surface area contributed by atoms with Gasteiger partial charge in [0, 0.05) is 35.1 Å². The molecule has 1 aliphatic carbocycles. The number of aryl methyl sites for hydroxylation is 1. The Morgan fingerprint density at radius 2 is 1.73 bits per heavy atom. The lowest BCUT2D eigenvalue weighted by Crippen LogP contribution is -2.42. The van der Waals surface area contributed by atoms with Crippen molar-refractivity contribution in [1.29, 1.82) is 5.26 Å². The molecular formula is C25H26N4O. The van der Waals surface area contributed by atoms with E-state index in [0.29, 0.717) is 11.3 Å². The van der Waals surface area contributed by atoms with Crippen LogP contribution in [0.1, 0.15) is 56.0 Å². The van der Waals surface area contributed by atoms with Gasteiger partial charge in [-0.2, -0.15) is 5.26 Å². The maximum atomic E-state index is 11.7. The van der Waals surface area contributed by atoms with Crippen LogP contribution in [0.4, 0.5) is 0 Å². The van der Waals surface area contributed by atoms with E-state index in [2.05, 4.69) is 46.1 Å². The molecule has 3 aromatic rings. The molecule has 1 atom stereocenters. The lowest BCUT2D eigenvalue weighted by molar-refractivity contribution is -0.0301. The van der Waals surface area contributed by atoms with Crippen molar-refractivity contribution >= 4 is 0 Å². The highest BCUT2D eigenvalue weighted by Gasteiger charge is 2.46. The van der Waals surface area contributed by atoms with Crippen LogP contribution in [0.25, 0.3) is 11.1 Å². The predicted octanol–water partition coefficient (Wildman–Crippen LogP) is 4.68. The zero-order valence-corrected chi connectivity index (χ0v) is 17.8. The maximum Gasteiger partial charge on any atom is 0.139 e. The molecule has 1 N–H and O–H groups in total. The zero-order chi connectivity index (χ0) is 21.6. The van der Waals surface area contributed by atoms with Gasteiger partial charge in [-0.1, -0.05) is 45.0 Å². The highest BCUT2D eigenvalue weighted by Crippen LogP contribution is 2.48. The molecule has 2 heterocycles. The molecule has 30 heavy (non-hydrogen) atoms. The first-order chi connectivity index (χ1) is 14.2. The minimum Gasteiger partial charge on any atom is -0.378 e. The number of hydrogen-bond donors (Lipinski definition) is 1. The summed E-state index contributed by atoms with van der Waals surface area (Å²) in [5.74, 6) is 0. The van der Waals surface area contributed by atoms with E-state index in [9.17, 15) is 10.4 Å². The molecule has 0 spiro atoms. The number of aliphatic hydroxyl groups is 1. The van der Waals surface area contributed by atoms with Crippen LogP contribution in [0.5, 0.6) is 0 Å². The van der Waals surface area contributed by atoms with Crippen LogP contribution in [-0.2, 0) is 11.0 Å². The Labute approximate surface area is 177 Å². The van der Waals surface area contributed by atoms with Crippen molar-refractivity contribution in [2.24, 2.45) is 5.41 Å². The highest BCUT2D eigenvalue weighted by molar-refractivity contribution is 5.67. The van der Waals surface area contributed by atoms with Crippen LogP contribution < -0.4 is 0 Å². The van der Waals surface area contributed by atoms with Crippen LogP contribution in [0.3, 0.4) is 0 Å². The van der Waals surface area contributed by atoms with E-state index in [1.807, 2.05) is 32.9 Å². The molecule has 0 saturated heterocycles. The van der Waals surface area contributed by atoms with E-state index in [4.69, 9.17) is 0 Å². The maximum absolute atomic E-state index is 11.7. The van der Waals surface area contributed by atoms with Crippen molar-refractivity contribution in [3.8, 4) is 17.2 Å². The Kier molecular flexibility index (Phi) is 4.71. The van der Waals surface area contributed by atoms with Crippen LogP contribution in [0.2, 0.25) is 0 Å². The number of pyridine rings is 1. The van der Waals surface area contributed by atoms with E-state index < -0.39 is 11.0 Å². The molecular weight excluding hydrogens is 372 g/mol. The Morgan fingerprint density at radius 1 is 1.03 bits per heavy atom. The fourth-order valence-electron chi connectivity index (χ4n) is 4.09. The van der Waals surface area contributed by atoms with E-state index in [-0.39, 0.29) is 5.41 Å². The smallest absolute Gasteiger partial charge is 0.139 e. The largest absolute Gasteiger partial charge is 0.378 e. The molecule has 4 rings (SSSR count). The monoisotopic (exact) mass is 398 g/mol. The normalized spacial score (nSPS) is 17.1. The third-order valence-corrected chi connectivity index (χ3v) is 6.25. The molecule has 1 fully saturated rings. The summed E-state index contributed by atoms with van der Waals surface area (Å²) in [4.78, 5) is 12.8. The lowest BCUT2D eigenvalue weighted by atomic mass is 9.70. The van der Waals surface area contributed by atoms with Crippen molar-refractivity contribution in [2.45, 2.75) is 51.6 Å². The van der Waals surface area contributed by atoms with Crippen LogP contribution in [0, 0.1) is 23.7 Å². The fraction of sp³-hybridized carbons (Fsp3) is 0.360. The number of nitriles is 1. The van der Waals surface area contributed by atoms with Gasteiger partial charge in [0.1, 0.15) is 11.9 Å². The second kappa shape index (κ2) is 7.00. The van der Waals surface area contributed by atoms with E-state index >= 15 is 0 Å². The van der Waals surface area contributed by atoms with Gasteiger partial charge >= 0.3 is 0 Å². The zero-order valence-electron chi connectivity index (χ0n) is 17.8. The van der Waals surface area contributed by atoms with Crippen molar-refractivity contribution in [2.75, 3.05) is 0 Å². The number of benzene rings is 1. The van der Waals surface area contributed by atoms with Crippen molar-refractivity contribution in [3.63, 3.8) is 0 Å². The van der Waals surface area contributed by atoms with Crippen molar-refractivity contribution in [1.82, 2.24) is 15.0 Å². The third-order valence-electron chi connectivity index (χ3n) is 6.25. The van der Waals surface area contributed by atoms with E-state index in [1.165, 1.54) is 6.33 Å². The molecule has 1 unspecified atom stereocenters. The van der Waals surface area contributed by atoms with Gasteiger partial charge < -0.3 is 5.11 Å². The second-order valence-corrected chi connectivity index (χ2v) is 9.24. The van der Waals surface area contributed by atoms with Gasteiger partial charge in [-0.25, -0.2) is 9.97 Å². The average Bonchev–Trinajstić information content (AvgIpc) is 3.54. The predicted molar refractivity (Wildman–Crippen MR) is 115 cm³/mol. The van der Waals surface area contributed by atoms with Gasteiger partial charge in [0.15, 0.2) is 0 Å². The topological polar surface area (TPSA) is 82.7 Å². The molecule has 1 aliphatic rings. The van der Waals surface area contributed by atoms with Gasteiger partial charge in [0.2, 0.25) is 0 Å². The van der Waals surface area contributed by atoms with Gasteiger partial charge in [0.05, 0.1) is 17.2 Å². The first-order valence-corrected chi connectivity index (χ1v) is 10.2. The Hall–Kier alpha value is -3.10. The molecule has 1 aromatic carbocycles. The summed E-state index contributed by atoms with van der Waals surface area (Å²) in [6, 6.07) is 12.6. The molecule has 0 bridgehead atoms. The van der Waals surface area contributed by atoms with E-state index in [0.717, 1.165) is 35.1 Å². The molecule has 152 valence electrons. The molecule has 2 aromatic heterocycles. The lowest BCUT2D eigenvalue weighted by Gasteiger charge is -2.39. The van der Waals surface area contributed by atoms with Crippen molar-refractivity contribution in [3.05, 3.63) is 77.6 Å². The summed E-state index contributed by atoms with van der Waals surface area (Å²) >= 11 is 0. The van der Waals surface area contributed by atoms with Crippen molar-refractivity contribution < 1.29 is 5.11 Å². The van der Waals surface area contributed by atoms with Gasteiger partial charge in [-0.05, 0) is 42.5 Å². The minimum absolute atomic E-state index is 0.285. The number of hydrogen-bond acceptors (Lipinski definition) is 5. The third kappa shape index (κ3) is 3.18. The minimum atomic E-state index is -1.32. The van der Waals surface area contributed by atoms with Crippen LogP contribution in [-0.4, -0.2) is 20.1 Å². The molecule has 0 amide bonds. The molecule has 1 saturated carbocycles. The van der Waals surface area contributed by atoms with Crippen LogP contribution >= 0.6 is 0 Å². The summed E-state index contributed by atoms with van der Waals surface area (Å²) in [5, 5.41) is 21.2. The Bertz CT molecular complexity index is 1110. The number of rotatable bonds is 4. The summed E-state index contributed by atoms with van der Waals surface area (Å²) in [6.45, 7) is 7.98. The summed E-state index contributed by atoms with van der Waals surface area (Å²) in [6.07, 6.45) is 8.40. The Balaban J connectivity index is 1.71. The molecule has 5 heteroatoms. The summed E-state index contributed by atoms with van der Waals surface area (Å²) in [5.41, 5.74) is 3.32. The average molecular weight is 399 g/mol. The summed E-state index contributed by atoms with van der Waals surface area (Å²) < 4.78 is 0. The number of nitrogens with zero attached hydrogens (tertiary/aromatic N) is 4. The van der Waals surface area contributed by atoms with E-state index in [1.54, 1.807) is 18.6 Å². The van der Waals surface area contributed by atoms with Gasteiger partial charge in [-0.3, -0.25) is 4.98 Å². The fourth-order valence-corrected chi connectivity index (χ4v) is 4.09. The summed E-state index contributed by atoms with van der Waals surface area (Å²) in [7, 11) is 0. The van der Waals surface area contributed by atoms with Gasteiger partial charge in [-0.15, -0.1) is 0 Å². The molecule has 0 aliphatic heterocycles. The highest BCUT2D eigenvalue weighted by atomic mass is 16.3. The SMILES string of the molecule is Cc1cc(C2(C#N)CC2)ccc1-c1ccc(C(O)(c2cncnc2)C(C)(C)C)nc1. The quantitative estimate of drug-likeness (QED) is 0.690. The molecule has 5 nitrogen and oxygen atoms in total. The molecule has 0 radical (unpaired) electrons. The Morgan fingerprint density at radius 3 is 2.23 bits per heavy atom. The van der Waals surface area contributed by atoms with Crippen LogP contribution in [0.15, 0.2) is 55.2 Å². The van der Waals surface area contributed by atoms with Gasteiger partial charge in [0.25, 0.3) is 0 Å². The standard InChI is InChI=1S/C25H26N4O/c1-17-11-19(24(15-26)9-10-24)6-7-21(17)18-5-8-22(29-12-18)25(30,23(2,3)4)20-13-27-16-28-14-20/h5-8,11-14,16,30H,9-10H2,1-4H3. The first-order valence-electron chi connectivity index (χ1n) is 10.2.